The molecule has 0 saturated carbocycles. The molecule has 1 aliphatic heterocycles. The van der Waals surface area contributed by atoms with Crippen molar-refractivity contribution in [3.05, 3.63) is 69.6 Å². The molecule has 1 saturated heterocycles. The quantitative estimate of drug-likeness (QED) is 0.620. The van der Waals surface area contributed by atoms with Gasteiger partial charge in [0.25, 0.3) is 5.91 Å². The van der Waals surface area contributed by atoms with Crippen molar-refractivity contribution in [2.75, 3.05) is 23.4 Å². The van der Waals surface area contributed by atoms with Crippen LogP contribution >= 0.6 is 22.9 Å². The first-order valence-electron chi connectivity index (χ1n) is 8.77. The largest absolute Gasteiger partial charge is 0.486 e. The van der Waals surface area contributed by atoms with Crippen LogP contribution in [0.4, 0.5) is 16.2 Å². The smallest absolute Gasteiger partial charge is 0.414 e. The van der Waals surface area contributed by atoms with Crippen LogP contribution in [-0.2, 0) is 11.3 Å². The molecule has 0 unspecified atom stereocenters. The van der Waals surface area contributed by atoms with Gasteiger partial charge in [-0.3, -0.25) is 9.69 Å². The van der Waals surface area contributed by atoms with Crippen LogP contribution in [0.3, 0.4) is 0 Å². The van der Waals surface area contributed by atoms with Gasteiger partial charge in [0.15, 0.2) is 0 Å². The third-order valence-corrected chi connectivity index (χ3v) is 5.24. The SMILES string of the molecule is O=C(Nc1ccccc1N1CCOC1=O)c1csc(COc2ccc(Cl)cc2)n1. The number of hydrogen-bond acceptors (Lipinski definition) is 6. The Morgan fingerprint density at radius 3 is 2.79 bits per heavy atom. The van der Waals surface area contributed by atoms with E-state index in [0.29, 0.717) is 40.3 Å². The molecule has 9 heteroatoms. The maximum atomic E-state index is 12.6. The van der Waals surface area contributed by atoms with E-state index in [2.05, 4.69) is 10.3 Å². The van der Waals surface area contributed by atoms with Crippen LogP contribution in [0.1, 0.15) is 15.5 Å². The van der Waals surface area contributed by atoms with Crippen LogP contribution in [0.15, 0.2) is 53.9 Å². The number of benzene rings is 2. The first-order chi connectivity index (χ1) is 14.1. The van der Waals surface area contributed by atoms with Gasteiger partial charge < -0.3 is 14.8 Å². The molecule has 2 aromatic carbocycles. The molecule has 1 aliphatic rings. The van der Waals surface area contributed by atoms with Gasteiger partial charge in [-0.1, -0.05) is 23.7 Å². The minimum absolute atomic E-state index is 0.246. The number of ether oxygens (including phenoxy) is 2. The van der Waals surface area contributed by atoms with Gasteiger partial charge in [0.1, 0.15) is 29.7 Å². The molecule has 7 nitrogen and oxygen atoms in total. The van der Waals surface area contributed by atoms with Crippen molar-refractivity contribution < 1.29 is 19.1 Å². The zero-order valence-electron chi connectivity index (χ0n) is 15.1. The summed E-state index contributed by atoms with van der Waals surface area (Å²) in [6.45, 7) is 1.01. The van der Waals surface area contributed by atoms with Gasteiger partial charge in [-0.2, -0.15) is 0 Å². The molecule has 0 atom stereocenters. The fraction of sp³-hybridized carbons (Fsp3) is 0.150. The summed E-state index contributed by atoms with van der Waals surface area (Å²) in [5.74, 6) is 0.307. The number of carbonyl (C=O) groups is 2. The maximum Gasteiger partial charge on any atom is 0.414 e. The molecule has 29 heavy (non-hydrogen) atoms. The average Bonchev–Trinajstić information content (AvgIpc) is 3.37. The van der Waals surface area contributed by atoms with Crippen LogP contribution in [0.25, 0.3) is 0 Å². The number of thiazole rings is 1. The number of carbonyl (C=O) groups excluding carboxylic acids is 2. The van der Waals surface area contributed by atoms with Gasteiger partial charge in [0.2, 0.25) is 0 Å². The standard InChI is InChI=1S/C20H16ClN3O4S/c21-13-5-7-14(8-6-13)28-11-18-22-16(12-29-18)19(25)23-15-3-1-2-4-17(15)24-9-10-27-20(24)26/h1-8,12H,9-11H2,(H,23,25). The fourth-order valence-corrected chi connectivity index (χ4v) is 3.58. The van der Waals surface area contributed by atoms with Crippen LogP contribution in [0.2, 0.25) is 5.02 Å². The van der Waals surface area contributed by atoms with E-state index in [1.54, 1.807) is 53.9 Å². The van der Waals surface area contributed by atoms with Crippen molar-refractivity contribution in [1.82, 2.24) is 4.98 Å². The van der Waals surface area contributed by atoms with E-state index in [1.807, 2.05) is 0 Å². The Hall–Kier alpha value is -3.10. The van der Waals surface area contributed by atoms with Crippen molar-refractivity contribution in [2.45, 2.75) is 6.61 Å². The lowest BCUT2D eigenvalue weighted by Gasteiger charge is -2.17. The lowest BCUT2D eigenvalue weighted by molar-refractivity contribution is 0.102. The van der Waals surface area contributed by atoms with E-state index in [-0.39, 0.29) is 18.2 Å². The van der Waals surface area contributed by atoms with Gasteiger partial charge in [0.05, 0.1) is 17.9 Å². The number of para-hydroxylation sites is 2. The van der Waals surface area contributed by atoms with Crippen molar-refractivity contribution in [3.63, 3.8) is 0 Å². The Morgan fingerprint density at radius 1 is 1.24 bits per heavy atom. The van der Waals surface area contributed by atoms with Crippen molar-refractivity contribution in [2.24, 2.45) is 0 Å². The summed E-state index contributed by atoms with van der Waals surface area (Å²) < 4.78 is 10.6. The summed E-state index contributed by atoms with van der Waals surface area (Å²) in [5.41, 5.74) is 1.39. The van der Waals surface area contributed by atoms with Crippen molar-refractivity contribution in [1.29, 1.82) is 0 Å². The van der Waals surface area contributed by atoms with Crippen LogP contribution in [0, 0.1) is 0 Å². The zero-order valence-corrected chi connectivity index (χ0v) is 16.7. The Bertz CT molecular complexity index is 1040. The summed E-state index contributed by atoms with van der Waals surface area (Å²) >= 11 is 7.19. The molecule has 0 bridgehead atoms. The highest BCUT2D eigenvalue weighted by Crippen LogP contribution is 2.28. The third kappa shape index (κ3) is 4.49. The number of nitrogens with one attached hydrogen (secondary N) is 1. The third-order valence-electron chi connectivity index (χ3n) is 4.16. The summed E-state index contributed by atoms with van der Waals surface area (Å²) in [7, 11) is 0. The monoisotopic (exact) mass is 429 g/mol. The van der Waals surface area contributed by atoms with Gasteiger partial charge in [-0.25, -0.2) is 9.78 Å². The molecule has 2 heterocycles. The second-order valence-corrected chi connectivity index (χ2v) is 7.49. The zero-order chi connectivity index (χ0) is 20.2. The molecular weight excluding hydrogens is 414 g/mol. The lowest BCUT2D eigenvalue weighted by atomic mass is 10.2. The molecule has 0 aliphatic carbocycles. The van der Waals surface area contributed by atoms with Crippen LogP contribution in [0.5, 0.6) is 5.75 Å². The Labute approximate surface area is 175 Å². The first-order valence-corrected chi connectivity index (χ1v) is 10.0. The minimum Gasteiger partial charge on any atom is -0.486 e. The van der Waals surface area contributed by atoms with Gasteiger partial charge >= 0.3 is 6.09 Å². The molecular formula is C20H16ClN3O4S. The topological polar surface area (TPSA) is 80.8 Å². The summed E-state index contributed by atoms with van der Waals surface area (Å²) in [6.07, 6.45) is -0.429. The van der Waals surface area contributed by atoms with Gasteiger partial charge in [-0.15, -0.1) is 11.3 Å². The number of rotatable bonds is 6. The molecule has 148 valence electrons. The second kappa shape index (κ2) is 8.50. The van der Waals surface area contributed by atoms with Crippen molar-refractivity contribution in [3.8, 4) is 5.75 Å². The maximum absolute atomic E-state index is 12.6. The van der Waals surface area contributed by atoms with Gasteiger partial charge in [0, 0.05) is 10.4 Å². The van der Waals surface area contributed by atoms with E-state index in [1.165, 1.54) is 16.2 Å². The Morgan fingerprint density at radius 2 is 2.03 bits per heavy atom. The fourth-order valence-electron chi connectivity index (χ4n) is 2.77. The second-order valence-electron chi connectivity index (χ2n) is 6.11. The lowest BCUT2D eigenvalue weighted by Crippen LogP contribution is -2.25. The van der Waals surface area contributed by atoms with E-state index >= 15 is 0 Å². The minimum atomic E-state index is -0.429. The van der Waals surface area contributed by atoms with Crippen LogP contribution < -0.4 is 15.0 Å². The average molecular weight is 430 g/mol. The molecule has 2 amide bonds. The summed E-state index contributed by atoms with van der Waals surface area (Å²) in [6, 6.07) is 14.1. The molecule has 3 aromatic rings. The molecule has 1 fully saturated rings. The van der Waals surface area contributed by atoms with Crippen LogP contribution in [-0.4, -0.2) is 30.1 Å². The molecule has 0 radical (unpaired) electrons. The van der Waals surface area contributed by atoms with E-state index in [4.69, 9.17) is 21.1 Å². The number of nitrogens with zero attached hydrogens (tertiary/aromatic N) is 2. The Kier molecular flexibility index (Phi) is 5.64. The molecule has 1 aromatic heterocycles. The van der Waals surface area contributed by atoms with E-state index < -0.39 is 6.09 Å². The number of halogens is 1. The van der Waals surface area contributed by atoms with Crippen molar-refractivity contribution >= 4 is 46.3 Å². The number of hydrogen-bond donors (Lipinski definition) is 1. The predicted octanol–water partition coefficient (Wildman–Crippen LogP) is 4.58. The summed E-state index contributed by atoms with van der Waals surface area (Å²) in [4.78, 5) is 30.3. The normalized spacial score (nSPS) is 13.3. The number of amides is 2. The first kappa shape index (κ1) is 19.2. The molecule has 1 N–H and O–H groups in total. The number of anilines is 2. The number of cyclic esters (lactones) is 1. The summed E-state index contributed by atoms with van der Waals surface area (Å²) in [5, 5.41) is 5.79. The van der Waals surface area contributed by atoms with E-state index in [9.17, 15) is 9.59 Å². The highest BCUT2D eigenvalue weighted by atomic mass is 35.5. The van der Waals surface area contributed by atoms with Gasteiger partial charge in [-0.05, 0) is 36.4 Å². The number of aromatic nitrogens is 1. The highest BCUT2D eigenvalue weighted by molar-refractivity contribution is 7.09. The van der Waals surface area contributed by atoms with E-state index in [0.717, 1.165) is 0 Å². The highest BCUT2D eigenvalue weighted by Gasteiger charge is 2.26. The predicted molar refractivity (Wildman–Crippen MR) is 111 cm³/mol. The molecule has 0 spiro atoms. The molecule has 4 rings (SSSR count). The Balaban J connectivity index is 1.42.